The van der Waals surface area contributed by atoms with Gasteiger partial charge in [0.1, 0.15) is 17.3 Å². The maximum Gasteiger partial charge on any atom is 0.227 e. The van der Waals surface area contributed by atoms with Gasteiger partial charge in [-0.25, -0.2) is 14.4 Å². The Labute approximate surface area is 197 Å². The molecule has 0 atom stereocenters. The smallest absolute Gasteiger partial charge is 0.227 e. The lowest BCUT2D eigenvalue weighted by molar-refractivity contribution is 0.410. The third-order valence-electron chi connectivity index (χ3n) is 5.81. The second kappa shape index (κ2) is 8.94. The Kier molecular flexibility index (Phi) is 5.67. The average molecular weight is 455 g/mol. The van der Waals surface area contributed by atoms with Crippen LogP contribution in [0.5, 0.6) is 11.5 Å². The van der Waals surface area contributed by atoms with E-state index < -0.39 is 0 Å². The number of nitrogens with one attached hydrogen (secondary N) is 1. The Bertz CT molecular complexity index is 1420. The fourth-order valence-corrected chi connectivity index (χ4v) is 4.11. The normalized spacial score (nSPS) is 12.2. The highest BCUT2D eigenvalue weighted by atomic mass is 19.1. The number of rotatable bonds is 5. The van der Waals surface area contributed by atoms with Crippen LogP contribution in [0.15, 0.2) is 71.9 Å². The quantitative estimate of drug-likeness (QED) is 0.419. The summed E-state index contributed by atoms with van der Waals surface area (Å²) < 4.78 is 25.8. The molecule has 0 aliphatic carbocycles. The second-order valence-electron chi connectivity index (χ2n) is 7.90. The van der Waals surface area contributed by atoms with Crippen LogP contribution in [0.4, 0.5) is 16.0 Å². The summed E-state index contributed by atoms with van der Waals surface area (Å²) >= 11 is 0. The summed E-state index contributed by atoms with van der Waals surface area (Å²) in [6, 6.07) is 18.3. The van der Waals surface area contributed by atoms with Crippen molar-refractivity contribution in [2.24, 2.45) is 4.99 Å². The Morgan fingerprint density at radius 1 is 0.912 bits per heavy atom. The summed E-state index contributed by atoms with van der Waals surface area (Å²) in [6.45, 7) is 2.30. The number of aromatic nitrogens is 2. The van der Waals surface area contributed by atoms with Gasteiger partial charge < -0.3 is 14.8 Å². The summed E-state index contributed by atoms with van der Waals surface area (Å²) in [4.78, 5) is 14.1. The van der Waals surface area contributed by atoms with E-state index in [1.165, 1.54) is 13.2 Å². The Morgan fingerprint density at radius 3 is 2.50 bits per heavy atom. The minimum atomic E-state index is -0.388. The van der Waals surface area contributed by atoms with Gasteiger partial charge in [0.15, 0.2) is 0 Å². The SMILES string of the molecule is COc1cc(Nc2ncc3c(n2)-c2ccccc2C(c2c(F)cccc2OC)=NC3)ccc1C. The maximum absolute atomic E-state index is 15.0. The molecule has 6 nitrogen and oxygen atoms in total. The van der Waals surface area contributed by atoms with Gasteiger partial charge in [-0.15, -0.1) is 0 Å². The molecule has 0 spiro atoms. The molecule has 4 aromatic rings. The molecule has 5 rings (SSSR count). The third-order valence-corrected chi connectivity index (χ3v) is 5.81. The summed E-state index contributed by atoms with van der Waals surface area (Å²) in [7, 11) is 3.17. The molecule has 0 fully saturated rings. The van der Waals surface area contributed by atoms with Gasteiger partial charge in [-0.05, 0) is 30.7 Å². The molecule has 0 saturated carbocycles. The Balaban J connectivity index is 1.59. The number of hydrogen-bond acceptors (Lipinski definition) is 6. The summed E-state index contributed by atoms with van der Waals surface area (Å²) in [5, 5.41) is 3.26. The monoisotopic (exact) mass is 454 g/mol. The highest BCUT2D eigenvalue weighted by Crippen LogP contribution is 2.35. The molecule has 1 aliphatic heterocycles. The molecule has 170 valence electrons. The molecular formula is C27H23FN4O2. The third kappa shape index (κ3) is 3.85. The second-order valence-corrected chi connectivity index (χ2v) is 7.90. The fourth-order valence-electron chi connectivity index (χ4n) is 4.11. The van der Waals surface area contributed by atoms with E-state index in [2.05, 4.69) is 10.3 Å². The molecule has 2 heterocycles. The van der Waals surface area contributed by atoms with E-state index in [0.717, 1.165) is 39.4 Å². The largest absolute Gasteiger partial charge is 0.496 e. The predicted molar refractivity (Wildman–Crippen MR) is 131 cm³/mol. The highest BCUT2D eigenvalue weighted by molar-refractivity contribution is 6.18. The molecule has 1 aliphatic rings. The number of methoxy groups -OCH3 is 2. The molecule has 0 unspecified atom stereocenters. The van der Waals surface area contributed by atoms with Crippen molar-refractivity contribution in [3.63, 3.8) is 0 Å². The molecular weight excluding hydrogens is 431 g/mol. The van der Waals surface area contributed by atoms with E-state index in [4.69, 9.17) is 19.5 Å². The first-order valence-corrected chi connectivity index (χ1v) is 10.8. The Hall–Kier alpha value is -4.26. The van der Waals surface area contributed by atoms with Gasteiger partial charge >= 0.3 is 0 Å². The fraction of sp³-hybridized carbons (Fsp3) is 0.148. The van der Waals surface area contributed by atoms with E-state index in [-0.39, 0.29) is 5.82 Å². The molecule has 0 saturated heterocycles. The van der Waals surface area contributed by atoms with Crippen LogP contribution in [0.25, 0.3) is 11.3 Å². The van der Waals surface area contributed by atoms with Crippen molar-refractivity contribution in [1.29, 1.82) is 0 Å². The van der Waals surface area contributed by atoms with E-state index in [0.29, 0.717) is 29.5 Å². The van der Waals surface area contributed by atoms with Crippen LogP contribution in [0.3, 0.4) is 0 Å². The van der Waals surface area contributed by atoms with Crippen LogP contribution >= 0.6 is 0 Å². The molecule has 1 aromatic heterocycles. The average Bonchev–Trinajstić information content (AvgIpc) is 3.02. The lowest BCUT2D eigenvalue weighted by atomic mass is 9.94. The number of aryl methyl sites for hydroxylation is 1. The van der Waals surface area contributed by atoms with E-state index >= 15 is 0 Å². The first-order chi connectivity index (χ1) is 16.6. The van der Waals surface area contributed by atoms with Crippen molar-refractivity contribution in [1.82, 2.24) is 9.97 Å². The molecule has 0 radical (unpaired) electrons. The standard InChI is InChI=1S/C27H23FN4O2/c1-16-11-12-18(13-23(16)34-3)31-27-30-15-17-14-29-26(24-21(28)9-6-10-22(24)33-2)20-8-5-4-7-19(20)25(17)32-27/h4-13,15H,14H2,1-3H3,(H,30,31,32). The van der Waals surface area contributed by atoms with Gasteiger partial charge in [-0.3, -0.25) is 4.99 Å². The van der Waals surface area contributed by atoms with E-state index in [9.17, 15) is 4.39 Å². The van der Waals surface area contributed by atoms with Crippen LogP contribution in [-0.2, 0) is 6.54 Å². The van der Waals surface area contributed by atoms with Gasteiger partial charge in [0, 0.05) is 34.6 Å². The van der Waals surface area contributed by atoms with Crippen molar-refractivity contribution >= 4 is 17.3 Å². The van der Waals surface area contributed by atoms with Gasteiger partial charge in [0.2, 0.25) is 5.95 Å². The van der Waals surface area contributed by atoms with Crippen molar-refractivity contribution in [3.05, 3.63) is 94.9 Å². The zero-order valence-electron chi connectivity index (χ0n) is 19.1. The molecule has 34 heavy (non-hydrogen) atoms. The number of anilines is 2. The maximum atomic E-state index is 15.0. The summed E-state index contributed by atoms with van der Waals surface area (Å²) in [6.07, 6.45) is 1.76. The van der Waals surface area contributed by atoms with Crippen LogP contribution < -0.4 is 14.8 Å². The van der Waals surface area contributed by atoms with E-state index in [1.54, 1.807) is 25.4 Å². The summed E-state index contributed by atoms with van der Waals surface area (Å²) in [5.41, 5.74) is 5.96. The van der Waals surface area contributed by atoms with Crippen LogP contribution in [0.1, 0.15) is 22.3 Å². The summed E-state index contributed by atoms with van der Waals surface area (Å²) in [5.74, 6) is 1.27. The van der Waals surface area contributed by atoms with Gasteiger partial charge in [-0.1, -0.05) is 36.4 Å². The lowest BCUT2D eigenvalue weighted by Crippen LogP contribution is -2.09. The number of halogens is 1. The lowest BCUT2D eigenvalue weighted by Gasteiger charge is -2.14. The van der Waals surface area contributed by atoms with Gasteiger partial charge in [0.05, 0.1) is 37.7 Å². The zero-order valence-corrected chi connectivity index (χ0v) is 19.1. The van der Waals surface area contributed by atoms with Crippen molar-refractivity contribution in [2.45, 2.75) is 13.5 Å². The first-order valence-electron chi connectivity index (χ1n) is 10.8. The van der Waals surface area contributed by atoms with Gasteiger partial charge in [0.25, 0.3) is 0 Å². The molecule has 0 amide bonds. The number of hydrogen-bond donors (Lipinski definition) is 1. The number of fused-ring (bicyclic) bond motifs is 3. The van der Waals surface area contributed by atoms with Crippen molar-refractivity contribution < 1.29 is 13.9 Å². The number of ether oxygens (including phenoxy) is 2. The van der Waals surface area contributed by atoms with Crippen molar-refractivity contribution in [3.8, 4) is 22.8 Å². The minimum absolute atomic E-state index is 0.315. The number of benzene rings is 3. The van der Waals surface area contributed by atoms with Crippen molar-refractivity contribution in [2.75, 3.05) is 19.5 Å². The topological polar surface area (TPSA) is 68.6 Å². The zero-order chi connectivity index (χ0) is 23.7. The molecule has 0 bridgehead atoms. The van der Waals surface area contributed by atoms with E-state index in [1.807, 2.05) is 49.4 Å². The van der Waals surface area contributed by atoms with Gasteiger partial charge in [-0.2, -0.15) is 0 Å². The number of nitrogens with zero attached hydrogens (tertiary/aromatic N) is 3. The minimum Gasteiger partial charge on any atom is -0.496 e. The predicted octanol–water partition coefficient (Wildman–Crippen LogP) is 5.70. The van der Waals surface area contributed by atoms with Crippen LogP contribution in [0, 0.1) is 12.7 Å². The van der Waals surface area contributed by atoms with Crippen LogP contribution in [0.2, 0.25) is 0 Å². The molecule has 7 heteroatoms. The van der Waals surface area contributed by atoms with Crippen LogP contribution in [-0.4, -0.2) is 29.9 Å². The highest BCUT2D eigenvalue weighted by Gasteiger charge is 2.24. The Morgan fingerprint density at radius 2 is 1.71 bits per heavy atom. The first kappa shape index (κ1) is 21.6. The molecule has 3 aromatic carbocycles. The molecule has 1 N–H and O–H groups in total. The number of aliphatic imine (C=N–C) groups is 1.